The summed E-state index contributed by atoms with van der Waals surface area (Å²) >= 11 is 5.86. The molecule has 14 heavy (non-hydrogen) atoms. The van der Waals surface area contributed by atoms with Gasteiger partial charge in [0.2, 0.25) is 0 Å². The first-order chi connectivity index (χ1) is 6.20. The van der Waals surface area contributed by atoms with Gasteiger partial charge >= 0.3 is 0 Å². The molecule has 2 N–H and O–H groups in total. The Morgan fingerprint density at radius 1 is 1.43 bits per heavy atom. The fraction of sp³-hybridized carbons (Fsp3) is 0.300. The molecule has 0 heterocycles. The SMILES string of the molecule is Cl.N#Cc1cc(Cl)cc2c1CC(N)C2. The zero-order chi connectivity index (χ0) is 9.42. The third kappa shape index (κ3) is 1.85. The molecule has 1 aliphatic rings. The molecule has 0 saturated heterocycles. The van der Waals surface area contributed by atoms with E-state index >= 15 is 0 Å². The first-order valence-corrected chi connectivity index (χ1v) is 4.55. The predicted molar refractivity (Wildman–Crippen MR) is 58.8 cm³/mol. The number of benzene rings is 1. The summed E-state index contributed by atoms with van der Waals surface area (Å²) in [7, 11) is 0. The number of nitriles is 1. The zero-order valence-corrected chi connectivity index (χ0v) is 9.03. The van der Waals surface area contributed by atoms with Crippen LogP contribution in [0.3, 0.4) is 0 Å². The van der Waals surface area contributed by atoms with Crippen LogP contribution in [0.25, 0.3) is 0 Å². The Labute approximate surface area is 94.1 Å². The Balaban J connectivity index is 0.000000980. The Bertz CT molecular complexity index is 396. The number of halogens is 2. The maximum absolute atomic E-state index is 8.86. The Hall–Kier alpha value is -0.750. The van der Waals surface area contributed by atoms with E-state index in [0.29, 0.717) is 10.6 Å². The molecule has 0 spiro atoms. The minimum absolute atomic E-state index is 0. The van der Waals surface area contributed by atoms with Crippen LogP contribution >= 0.6 is 24.0 Å². The van der Waals surface area contributed by atoms with Gasteiger partial charge in [0.25, 0.3) is 0 Å². The average molecular weight is 229 g/mol. The number of fused-ring (bicyclic) bond motifs is 1. The van der Waals surface area contributed by atoms with Gasteiger partial charge in [0.1, 0.15) is 0 Å². The van der Waals surface area contributed by atoms with Gasteiger partial charge in [-0.1, -0.05) is 11.6 Å². The molecule has 1 atom stereocenters. The monoisotopic (exact) mass is 228 g/mol. The van der Waals surface area contributed by atoms with Crippen LogP contribution in [-0.4, -0.2) is 6.04 Å². The Morgan fingerprint density at radius 3 is 2.79 bits per heavy atom. The third-order valence-electron chi connectivity index (χ3n) is 2.38. The van der Waals surface area contributed by atoms with Gasteiger partial charge < -0.3 is 5.73 Å². The molecular weight excluding hydrogens is 219 g/mol. The molecule has 0 bridgehead atoms. The normalized spacial score (nSPS) is 18.2. The molecule has 1 aromatic rings. The molecule has 0 amide bonds. The lowest BCUT2D eigenvalue weighted by molar-refractivity contribution is 0.721. The summed E-state index contributed by atoms with van der Waals surface area (Å²) < 4.78 is 0. The van der Waals surface area contributed by atoms with E-state index in [4.69, 9.17) is 22.6 Å². The van der Waals surface area contributed by atoms with Crippen molar-refractivity contribution in [3.63, 3.8) is 0 Å². The van der Waals surface area contributed by atoms with Gasteiger partial charge in [0, 0.05) is 11.1 Å². The van der Waals surface area contributed by atoms with Crippen molar-refractivity contribution in [1.29, 1.82) is 5.26 Å². The maximum atomic E-state index is 8.86. The molecule has 74 valence electrons. The van der Waals surface area contributed by atoms with Crippen molar-refractivity contribution < 1.29 is 0 Å². The molecule has 4 heteroatoms. The van der Waals surface area contributed by atoms with Crippen LogP contribution in [0.2, 0.25) is 5.02 Å². The van der Waals surface area contributed by atoms with E-state index in [1.54, 1.807) is 6.07 Å². The van der Waals surface area contributed by atoms with Gasteiger partial charge in [-0.15, -0.1) is 12.4 Å². The molecule has 1 aromatic carbocycles. The summed E-state index contributed by atoms with van der Waals surface area (Å²) in [6.07, 6.45) is 1.64. The number of nitrogens with two attached hydrogens (primary N) is 1. The number of nitrogens with zero attached hydrogens (tertiary/aromatic N) is 1. The summed E-state index contributed by atoms with van der Waals surface area (Å²) in [6.45, 7) is 0. The summed E-state index contributed by atoms with van der Waals surface area (Å²) in [5.74, 6) is 0. The average Bonchev–Trinajstić information content (AvgIpc) is 2.43. The molecule has 0 aliphatic heterocycles. The van der Waals surface area contributed by atoms with E-state index in [1.807, 2.05) is 6.07 Å². The van der Waals surface area contributed by atoms with E-state index in [0.717, 1.165) is 24.0 Å². The lowest BCUT2D eigenvalue weighted by Gasteiger charge is -2.01. The molecule has 0 saturated carbocycles. The second-order valence-electron chi connectivity index (χ2n) is 3.37. The molecule has 1 unspecified atom stereocenters. The van der Waals surface area contributed by atoms with E-state index in [2.05, 4.69) is 6.07 Å². The minimum Gasteiger partial charge on any atom is -0.327 e. The quantitative estimate of drug-likeness (QED) is 0.740. The number of rotatable bonds is 0. The van der Waals surface area contributed by atoms with Crippen molar-refractivity contribution in [2.45, 2.75) is 18.9 Å². The van der Waals surface area contributed by atoms with Gasteiger partial charge in [0.15, 0.2) is 0 Å². The lowest BCUT2D eigenvalue weighted by atomic mass is 10.0. The molecule has 0 fully saturated rings. The highest BCUT2D eigenvalue weighted by Crippen LogP contribution is 2.27. The smallest absolute Gasteiger partial charge is 0.0995 e. The van der Waals surface area contributed by atoms with E-state index in [-0.39, 0.29) is 18.4 Å². The van der Waals surface area contributed by atoms with Gasteiger partial charge in [-0.25, -0.2) is 0 Å². The molecule has 0 radical (unpaired) electrons. The summed E-state index contributed by atoms with van der Waals surface area (Å²) in [5.41, 5.74) is 8.70. The molecule has 0 aromatic heterocycles. The van der Waals surface area contributed by atoms with Crippen LogP contribution < -0.4 is 5.73 Å². The highest BCUT2D eigenvalue weighted by Gasteiger charge is 2.21. The lowest BCUT2D eigenvalue weighted by Crippen LogP contribution is -2.19. The van der Waals surface area contributed by atoms with E-state index in [9.17, 15) is 0 Å². The van der Waals surface area contributed by atoms with Crippen molar-refractivity contribution in [3.05, 3.63) is 33.8 Å². The van der Waals surface area contributed by atoms with E-state index < -0.39 is 0 Å². The molecule has 2 nitrogen and oxygen atoms in total. The van der Waals surface area contributed by atoms with Gasteiger partial charge in [-0.3, -0.25) is 0 Å². The summed E-state index contributed by atoms with van der Waals surface area (Å²) in [6, 6.07) is 5.92. The third-order valence-corrected chi connectivity index (χ3v) is 2.59. The van der Waals surface area contributed by atoms with Crippen LogP contribution in [0, 0.1) is 11.3 Å². The van der Waals surface area contributed by atoms with E-state index in [1.165, 1.54) is 0 Å². The fourth-order valence-electron chi connectivity index (χ4n) is 1.83. The van der Waals surface area contributed by atoms with Crippen molar-refractivity contribution in [2.24, 2.45) is 5.73 Å². The van der Waals surface area contributed by atoms with Crippen molar-refractivity contribution in [2.75, 3.05) is 0 Å². The first-order valence-electron chi connectivity index (χ1n) is 4.17. The maximum Gasteiger partial charge on any atom is 0.0995 e. The standard InChI is InChI=1S/C10H9ClN2.ClH/c11-8-1-6-3-9(13)4-10(6)7(2-8)5-12;/h1-2,9H,3-4,13H2;1H. The van der Waals surface area contributed by atoms with Gasteiger partial charge in [-0.2, -0.15) is 5.26 Å². The number of hydrogen-bond donors (Lipinski definition) is 1. The second-order valence-corrected chi connectivity index (χ2v) is 3.81. The molecular formula is C10H10Cl2N2. The largest absolute Gasteiger partial charge is 0.327 e. The summed E-state index contributed by atoms with van der Waals surface area (Å²) in [4.78, 5) is 0. The minimum atomic E-state index is 0. The molecule has 1 aliphatic carbocycles. The molecule has 2 rings (SSSR count). The van der Waals surface area contributed by atoms with Crippen LogP contribution in [-0.2, 0) is 12.8 Å². The topological polar surface area (TPSA) is 49.8 Å². The predicted octanol–water partition coefficient (Wildman–Crippen LogP) is 2.06. The Kier molecular flexibility index (Phi) is 3.38. The van der Waals surface area contributed by atoms with Crippen molar-refractivity contribution >= 4 is 24.0 Å². The Morgan fingerprint density at radius 2 is 2.14 bits per heavy atom. The highest BCUT2D eigenvalue weighted by molar-refractivity contribution is 6.30. The zero-order valence-electron chi connectivity index (χ0n) is 7.46. The van der Waals surface area contributed by atoms with Crippen molar-refractivity contribution in [1.82, 2.24) is 0 Å². The van der Waals surface area contributed by atoms with Gasteiger partial charge in [0.05, 0.1) is 11.6 Å². The van der Waals surface area contributed by atoms with Crippen LogP contribution in [0.15, 0.2) is 12.1 Å². The number of hydrogen-bond acceptors (Lipinski definition) is 2. The van der Waals surface area contributed by atoms with Crippen LogP contribution in [0.1, 0.15) is 16.7 Å². The summed E-state index contributed by atoms with van der Waals surface area (Å²) in [5, 5.41) is 9.49. The fourth-order valence-corrected chi connectivity index (χ4v) is 2.07. The van der Waals surface area contributed by atoms with Crippen molar-refractivity contribution in [3.8, 4) is 6.07 Å². The van der Waals surface area contributed by atoms with Crippen LogP contribution in [0.4, 0.5) is 0 Å². The van der Waals surface area contributed by atoms with Gasteiger partial charge in [-0.05, 0) is 36.1 Å². The van der Waals surface area contributed by atoms with Crippen LogP contribution in [0.5, 0.6) is 0 Å². The second kappa shape index (κ2) is 4.18. The first kappa shape index (κ1) is 11.3. The highest BCUT2D eigenvalue weighted by atomic mass is 35.5.